The summed E-state index contributed by atoms with van der Waals surface area (Å²) < 4.78 is 5.06. The zero-order valence-corrected chi connectivity index (χ0v) is 17.1. The molecule has 1 aliphatic heterocycles. The Morgan fingerprint density at radius 2 is 2.00 bits per heavy atom. The van der Waals surface area contributed by atoms with Crippen LogP contribution < -0.4 is 5.32 Å². The SMILES string of the molecule is Cc1ccc(NC(=O)CSCC(=O)OCC(=O)N2CCCC[C@@H]2C)c(C)c1. The molecule has 1 aliphatic rings. The fraction of sp³-hybridized carbons (Fsp3) is 0.550. The molecule has 0 unspecified atom stereocenters. The van der Waals surface area contributed by atoms with Gasteiger partial charge in [-0.3, -0.25) is 14.4 Å². The molecule has 1 aromatic rings. The number of aryl methyl sites for hydroxylation is 2. The minimum absolute atomic E-state index is 0.0448. The predicted octanol–water partition coefficient (Wildman–Crippen LogP) is 2.92. The lowest BCUT2D eigenvalue weighted by Gasteiger charge is -2.33. The van der Waals surface area contributed by atoms with Gasteiger partial charge in [0.25, 0.3) is 5.91 Å². The van der Waals surface area contributed by atoms with Crippen LogP contribution in [0, 0.1) is 13.8 Å². The molecular formula is C20H28N2O4S. The van der Waals surface area contributed by atoms with Crippen LogP contribution in [0.25, 0.3) is 0 Å². The summed E-state index contributed by atoms with van der Waals surface area (Å²) in [6.45, 7) is 6.45. The highest BCUT2D eigenvalue weighted by atomic mass is 32.2. The van der Waals surface area contributed by atoms with Crippen LogP contribution in [0.1, 0.15) is 37.3 Å². The van der Waals surface area contributed by atoms with Crippen LogP contribution in [0.3, 0.4) is 0 Å². The van der Waals surface area contributed by atoms with Crippen molar-refractivity contribution in [3.05, 3.63) is 29.3 Å². The van der Waals surface area contributed by atoms with E-state index >= 15 is 0 Å². The van der Waals surface area contributed by atoms with Gasteiger partial charge in [0, 0.05) is 18.3 Å². The second-order valence-corrected chi connectivity index (χ2v) is 7.94. The first-order chi connectivity index (χ1) is 12.9. The molecule has 2 amide bonds. The number of ether oxygens (including phenoxy) is 1. The summed E-state index contributed by atoms with van der Waals surface area (Å²) in [5, 5.41) is 2.84. The van der Waals surface area contributed by atoms with Gasteiger partial charge in [-0.05, 0) is 51.7 Å². The number of carbonyl (C=O) groups excluding carboxylic acids is 3. The lowest BCUT2D eigenvalue weighted by Crippen LogP contribution is -2.44. The molecule has 6 nitrogen and oxygen atoms in total. The molecule has 1 saturated heterocycles. The summed E-state index contributed by atoms with van der Waals surface area (Å²) in [6.07, 6.45) is 3.12. The van der Waals surface area contributed by atoms with Crippen LogP contribution in [0.4, 0.5) is 5.69 Å². The first-order valence-electron chi connectivity index (χ1n) is 9.26. The number of hydrogen-bond donors (Lipinski definition) is 1. The number of nitrogens with one attached hydrogen (secondary N) is 1. The number of nitrogens with zero attached hydrogens (tertiary/aromatic N) is 1. The molecule has 7 heteroatoms. The summed E-state index contributed by atoms with van der Waals surface area (Å²) in [5.74, 6) is -0.591. The van der Waals surface area contributed by atoms with E-state index in [1.54, 1.807) is 4.90 Å². The Bertz CT molecular complexity index is 693. The van der Waals surface area contributed by atoms with Crippen LogP contribution in [0.15, 0.2) is 18.2 Å². The Labute approximate surface area is 165 Å². The van der Waals surface area contributed by atoms with Crippen molar-refractivity contribution in [3.63, 3.8) is 0 Å². The van der Waals surface area contributed by atoms with E-state index in [9.17, 15) is 14.4 Å². The molecule has 0 saturated carbocycles. The summed E-state index contributed by atoms with van der Waals surface area (Å²) in [4.78, 5) is 37.7. The number of carbonyl (C=O) groups is 3. The maximum Gasteiger partial charge on any atom is 0.316 e. The smallest absolute Gasteiger partial charge is 0.316 e. The molecule has 27 heavy (non-hydrogen) atoms. The maximum atomic E-state index is 12.1. The lowest BCUT2D eigenvalue weighted by molar-refractivity contribution is -0.151. The maximum absolute atomic E-state index is 12.1. The largest absolute Gasteiger partial charge is 0.455 e. The van der Waals surface area contributed by atoms with Crippen molar-refractivity contribution < 1.29 is 19.1 Å². The van der Waals surface area contributed by atoms with Gasteiger partial charge in [-0.2, -0.15) is 0 Å². The number of likely N-dealkylation sites (tertiary alicyclic amines) is 1. The minimum Gasteiger partial charge on any atom is -0.455 e. The van der Waals surface area contributed by atoms with Gasteiger partial charge in [0.15, 0.2) is 6.61 Å². The number of hydrogen-bond acceptors (Lipinski definition) is 5. The Hall–Kier alpha value is -2.02. The van der Waals surface area contributed by atoms with Gasteiger partial charge in [0.05, 0.1) is 11.5 Å². The zero-order chi connectivity index (χ0) is 19.8. The number of rotatable bonds is 7. The van der Waals surface area contributed by atoms with Gasteiger partial charge >= 0.3 is 5.97 Å². The van der Waals surface area contributed by atoms with Crippen molar-refractivity contribution in [1.29, 1.82) is 0 Å². The fourth-order valence-electron chi connectivity index (χ4n) is 3.10. The number of piperidine rings is 1. The Morgan fingerprint density at radius 1 is 1.22 bits per heavy atom. The van der Waals surface area contributed by atoms with Gasteiger partial charge in [0.2, 0.25) is 5.91 Å². The molecule has 2 rings (SSSR count). The molecule has 0 aromatic heterocycles. The molecule has 0 radical (unpaired) electrons. The highest BCUT2D eigenvalue weighted by Gasteiger charge is 2.23. The number of thioether (sulfide) groups is 1. The zero-order valence-electron chi connectivity index (χ0n) is 16.2. The van der Waals surface area contributed by atoms with Crippen LogP contribution in [-0.2, 0) is 19.1 Å². The molecule has 1 heterocycles. The van der Waals surface area contributed by atoms with Crippen LogP contribution >= 0.6 is 11.8 Å². The van der Waals surface area contributed by atoms with Gasteiger partial charge in [-0.1, -0.05) is 17.7 Å². The Balaban J connectivity index is 1.65. The number of esters is 1. The predicted molar refractivity (Wildman–Crippen MR) is 108 cm³/mol. The molecular weight excluding hydrogens is 364 g/mol. The van der Waals surface area contributed by atoms with Crippen molar-refractivity contribution in [2.45, 2.75) is 46.1 Å². The van der Waals surface area contributed by atoms with Crippen molar-refractivity contribution in [3.8, 4) is 0 Å². The quantitative estimate of drug-likeness (QED) is 0.722. The van der Waals surface area contributed by atoms with E-state index in [0.29, 0.717) is 0 Å². The third-order valence-electron chi connectivity index (χ3n) is 4.59. The second kappa shape index (κ2) is 10.3. The summed E-state index contributed by atoms with van der Waals surface area (Å²) in [6, 6.07) is 6.01. The van der Waals surface area contributed by atoms with E-state index in [1.807, 2.05) is 39.0 Å². The molecule has 0 spiro atoms. The molecule has 148 valence electrons. The monoisotopic (exact) mass is 392 g/mol. The third kappa shape index (κ3) is 6.90. The van der Waals surface area contributed by atoms with E-state index in [-0.39, 0.29) is 36.0 Å². The molecule has 1 aromatic carbocycles. The van der Waals surface area contributed by atoms with E-state index < -0.39 is 5.97 Å². The molecule has 1 fully saturated rings. The summed E-state index contributed by atoms with van der Waals surface area (Å²) >= 11 is 1.17. The Kier molecular flexibility index (Phi) is 8.16. The topological polar surface area (TPSA) is 75.7 Å². The van der Waals surface area contributed by atoms with Crippen LogP contribution in [0.5, 0.6) is 0 Å². The van der Waals surface area contributed by atoms with E-state index in [2.05, 4.69) is 5.32 Å². The van der Waals surface area contributed by atoms with Gasteiger partial charge in [-0.25, -0.2) is 0 Å². The molecule has 1 N–H and O–H groups in total. The standard InChI is InChI=1S/C20H28N2O4S/c1-14-7-8-17(15(2)10-14)21-18(23)12-27-13-20(25)26-11-19(24)22-9-5-4-6-16(22)3/h7-8,10,16H,4-6,9,11-13H2,1-3H3,(H,21,23)/t16-/m0/s1. The highest BCUT2D eigenvalue weighted by molar-refractivity contribution is 8.00. The summed E-state index contributed by atoms with van der Waals surface area (Å²) in [5.41, 5.74) is 2.91. The van der Waals surface area contributed by atoms with Crippen molar-refractivity contribution in [2.75, 3.05) is 30.0 Å². The van der Waals surface area contributed by atoms with Crippen LogP contribution in [0.2, 0.25) is 0 Å². The number of amides is 2. The average molecular weight is 393 g/mol. The Morgan fingerprint density at radius 3 is 2.70 bits per heavy atom. The minimum atomic E-state index is -0.475. The van der Waals surface area contributed by atoms with Crippen molar-refractivity contribution >= 4 is 35.2 Å². The van der Waals surface area contributed by atoms with Crippen LogP contribution in [-0.4, -0.2) is 53.4 Å². The fourth-order valence-corrected chi connectivity index (χ4v) is 3.71. The second-order valence-electron chi connectivity index (χ2n) is 6.95. The van der Waals surface area contributed by atoms with E-state index in [4.69, 9.17) is 4.74 Å². The first kappa shape index (κ1) is 21.3. The molecule has 0 bridgehead atoms. The first-order valence-corrected chi connectivity index (χ1v) is 10.4. The highest BCUT2D eigenvalue weighted by Crippen LogP contribution is 2.17. The summed E-state index contributed by atoms with van der Waals surface area (Å²) in [7, 11) is 0. The number of benzene rings is 1. The molecule has 1 atom stereocenters. The third-order valence-corrected chi connectivity index (χ3v) is 5.50. The van der Waals surface area contributed by atoms with Gasteiger partial charge < -0.3 is 15.0 Å². The van der Waals surface area contributed by atoms with Gasteiger partial charge in [-0.15, -0.1) is 11.8 Å². The van der Waals surface area contributed by atoms with Crippen molar-refractivity contribution in [2.24, 2.45) is 0 Å². The van der Waals surface area contributed by atoms with Gasteiger partial charge in [0.1, 0.15) is 0 Å². The van der Waals surface area contributed by atoms with E-state index in [1.165, 1.54) is 11.8 Å². The van der Waals surface area contributed by atoms with Crippen molar-refractivity contribution in [1.82, 2.24) is 4.90 Å². The lowest BCUT2D eigenvalue weighted by atomic mass is 10.0. The van der Waals surface area contributed by atoms with E-state index in [0.717, 1.165) is 42.6 Å². The normalized spacial score (nSPS) is 16.7. The average Bonchev–Trinajstić information content (AvgIpc) is 2.62. The molecule has 0 aliphatic carbocycles. The number of anilines is 1.